The zero-order valence-corrected chi connectivity index (χ0v) is 10.4. The van der Waals surface area contributed by atoms with E-state index in [2.05, 4.69) is 9.71 Å². The molecule has 0 radical (unpaired) electrons. The lowest BCUT2D eigenvalue weighted by Crippen LogP contribution is -2.36. The van der Waals surface area contributed by atoms with Crippen LogP contribution in [-0.4, -0.2) is 26.0 Å². The molecule has 3 N–H and O–H groups in total. The van der Waals surface area contributed by atoms with E-state index in [-0.39, 0.29) is 16.8 Å². The minimum atomic E-state index is -3.42. The fraction of sp³-hybridized carbons (Fsp3) is 0.625. The zero-order chi connectivity index (χ0) is 11.5. The van der Waals surface area contributed by atoms with Gasteiger partial charge >= 0.3 is 0 Å². The highest BCUT2D eigenvalue weighted by Crippen LogP contribution is 2.17. The molecular weight excluding hydrogens is 234 g/mol. The van der Waals surface area contributed by atoms with E-state index in [1.165, 1.54) is 6.20 Å². The molecule has 0 aromatic carbocycles. The minimum Gasteiger partial charge on any atom is -0.327 e. The van der Waals surface area contributed by atoms with Gasteiger partial charge in [-0.05, 0) is 13.3 Å². The molecule has 1 heterocycles. The lowest BCUT2D eigenvalue weighted by Gasteiger charge is -2.09. The van der Waals surface area contributed by atoms with Gasteiger partial charge in [-0.3, -0.25) is 0 Å². The smallest absolute Gasteiger partial charge is 0.251 e. The molecule has 1 rings (SSSR count). The van der Waals surface area contributed by atoms with Crippen molar-refractivity contribution in [3.05, 3.63) is 11.2 Å². The lowest BCUT2D eigenvalue weighted by molar-refractivity contribution is 0.565. The Morgan fingerprint density at radius 2 is 2.33 bits per heavy atom. The first kappa shape index (κ1) is 12.6. The van der Waals surface area contributed by atoms with Crippen molar-refractivity contribution in [2.45, 2.75) is 30.5 Å². The van der Waals surface area contributed by atoms with Gasteiger partial charge in [-0.15, -0.1) is 11.3 Å². The summed E-state index contributed by atoms with van der Waals surface area (Å²) in [6, 6.07) is -0.145. The fourth-order valence-corrected chi connectivity index (χ4v) is 3.14. The molecule has 5 nitrogen and oxygen atoms in total. The quantitative estimate of drug-likeness (QED) is 0.794. The summed E-state index contributed by atoms with van der Waals surface area (Å²) in [6.07, 6.45) is 2.10. The molecule has 15 heavy (non-hydrogen) atoms. The molecule has 0 spiro atoms. The molecule has 86 valence electrons. The molecule has 0 aliphatic heterocycles. The van der Waals surface area contributed by atoms with Crippen molar-refractivity contribution < 1.29 is 8.42 Å². The molecule has 0 fully saturated rings. The average Bonchev–Trinajstić information content (AvgIpc) is 2.62. The summed E-state index contributed by atoms with van der Waals surface area (Å²) < 4.78 is 26.0. The second-order valence-electron chi connectivity index (χ2n) is 3.22. The Hall–Kier alpha value is -0.500. The second-order valence-corrected chi connectivity index (χ2v) is 6.45. The average molecular weight is 249 g/mol. The number of hydrogen-bond acceptors (Lipinski definition) is 5. The number of aryl methyl sites for hydroxylation is 1. The van der Waals surface area contributed by atoms with E-state index in [4.69, 9.17) is 5.73 Å². The monoisotopic (exact) mass is 249 g/mol. The molecule has 7 heteroatoms. The van der Waals surface area contributed by atoms with Crippen LogP contribution in [0.15, 0.2) is 10.4 Å². The Labute approximate surface area is 93.8 Å². The van der Waals surface area contributed by atoms with Gasteiger partial charge < -0.3 is 5.73 Å². The Kier molecular flexibility index (Phi) is 4.21. The standard InChI is InChI=1S/C8H15N3O2S2/c1-3-7(9)4-11-15(12,13)8-5-10-6(2)14-8/h5,7,11H,3-4,9H2,1-2H3. The Morgan fingerprint density at radius 3 is 2.80 bits per heavy atom. The zero-order valence-electron chi connectivity index (χ0n) is 8.73. The van der Waals surface area contributed by atoms with Crippen LogP contribution in [0.2, 0.25) is 0 Å². The number of hydrogen-bond donors (Lipinski definition) is 2. The Morgan fingerprint density at radius 1 is 1.67 bits per heavy atom. The SMILES string of the molecule is CCC(N)CNS(=O)(=O)c1cnc(C)s1. The molecule has 1 atom stereocenters. The van der Waals surface area contributed by atoms with Crippen LogP contribution >= 0.6 is 11.3 Å². The fourth-order valence-electron chi connectivity index (χ4n) is 0.898. The van der Waals surface area contributed by atoms with Gasteiger partial charge in [0.25, 0.3) is 10.0 Å². The van der Waals surface area contributed by atoms with E-state index in [1.54, 1.807) is 6.92 Å². The highest BCUT2D eigenvalue weighted by Gasteiger charge is 2.17. The van der Waals surface area contributed by atoms with Gasteiger partial charge in [0.05, 0.1) is 11.2 Å². The lowest BCUT2D eigenvalue weighted by atomic mass is 10.2. The van der Waals surface area contributed by atoms with Gasteiger partial charge in [0.1, 0.15) is 0 Å². The third-order valence-corrected chi connectivity index (χ3v) is 4.72. The van der Waals surface area contributed by atoms with Crippen molar-refractivity contribution in [2.75, 3.05) is 6.54 Å². The maximum Gasteiger partial charge on any atom is 0.251 e. The van der Waals surface area contributed by atoms with Crippen molar-refractivity contribution in [1.82, 2.24) is 9.71 Å². The first-order chi connectivity index (χ1) is 6.95. The van der Waals surface area contributed by atoms with Gasteiger partial charge in [-0.2, -0.15) is 0 Å². The van der Waals surface area contributed by atoms with Crippen LogP contribution in [0.1, 0.15) is 18.4 Å². The predicted octanol–water partition coefficient (Wildman–Crippen LogP) is 0.467. The van der Waals surface area contributed by atoms with Crippen molar-refractivity contribution >= 4 is 21.4 Å². The summed E-state index contributed by atoms with van der Waals surface area (Å²) in [5, 5.41) is 0.732. The molecule has 0 aliphatic carbocycles. The molecule has 1 unspecified atom stereocenters. The maximum atomic E-state index is 11.7. The van der Waals surface area contributed by atoms with Crippen LogP contribution in [0.25, 0.3) is 0 Å². The van der Waals surface area contributed by atoms with E-state index in [1.807, 2.05) is 6.92 Å². The number of nitrogens with zero attached hydrogens (tertiary/aromatic N) is 1. The number of rotatable bonds is 5. The van der Waals surface area contributed by atoms with E-state index >= 15 is 0 Å². The normalized spacial score (nSPS) is 14.1. The third kappa shape index (κ3) is 3.53. The van der Waals surface area contributed by atoms with Crippen molar-refractivity contribution in [3.63, 3.8) is 0 Å². The van der Waals surface area contributed by atoms with Crippen LogP contribution < -0.4 is 10.5 Å². The summed E-state index contributed by atoms with van der Waals surface area (Å²) in [5.41, 5.74) is 5.62. The van der Waals surface area contributed by atoms with Gasteiger partial charge in [-0.25, -0.2) is 18.1 Å². The van der Waals surface area contributed by atoms with E-state index in [0.29, 0.717) is 0 Å². The number of thiazole rings is 1. The predicted molar refractivity (Wildman–Crippen MR) is 60.3 cm³/mol. The highest BCUT2D eigenvalue weighted by molar-refractivity contribution is 7.91. The number of aromatic nitrogens is 1. The topological polar surface area (TPSA) is 85.1 Å². The van der Waals surface area contributed by atoms with Crippen LogP contribution in [0, 0.1) is 6.92 Å². The minimum absolute atomic E-state index is 0.145. The van der Waals surface area contributed by atoms with Gasteiger partial charge in [-0.1, -0.05) is 6.92 Å². The Balaban J connectivity index is 2.68. The van der Waals surface area contributed by atoms with E-state index in [9.17, 15) is 8.42 Å². The van der Waals surface area contributed by atoms with Gasteiger partial charge in [0.15, 0.2) is 4.21 Å². The molecule has 0 saturated heterocycles. The molecule has 0 aliphatic rings. The molecule has 0 amide bonds. The van der Waals surface area contributed by atoms with Crippen LogP contribution in [0.5, 0.6) is 0 Å². The number of nitrogens with one attached hydrogen (secondary N) is 1. The van der Waals surface area contributed by atoms with Crippen molar-refractivity contribution in [3.8, 4) is 0 Å². The highest BCUT2D eigenvalue weighted by atomic mass is 32.2. The van der Waals surface area contributed by atoms with Crippen molar-refractivity contribution in [2.24, 2.45) is 5.73 Å². The van der Waals surface area contributed by atoms with Crippen LogP contribution in [-0.2, 0) is 10.0 Å². The van der Waals surface area contributed by atoms with E-state index < -0.39 is 10.0 Å². The van der Waals surface area contributed by atoms with Crippen molar-refractivity contribution in [1.29, 1.82) is 0 Å². The summed E-state index contributed by atoms with van der Waals surface area (Å²) >= 11 is 1.15. The second kappa shape index (κ2) is 5.02. The first-order valence-electron chi connectivity index (χ1n) is 4.63. The molecule has 1 aromatic rings. The van der Waals surface area contributed by atoms with Gasteiger partial charge in [0.2, 0.25) is 0 Å². The largest absolute Gasteiger partial charge is 0.327 e. The first-order valence-corrected chi connectivity index (χ1v) is 6.93. The number of nitrogens with two attached hydrogens (primary N) is 1. The molecule has 0 bridgehead atoms. The molecular formula is C8H15N3O2S2. The van der Waals surface area contributed by atoms with Crippen LogP contribution in [0.3, 0.4) is 0 Å². The summed E-state index contributed by atoms with van der Waals surface area (Å²) in [4.78, 5) is 3.90. The summed E-state index contributed by atoms with van der Waals surface area (Å²) in [6.45, 7) is 3.94. The number of sulfonamides is 1. The molecule has 1 aromatic heterocycles. The third-order valence-electron chi connectivity index (χ3n) is 1.92. The van der Waals surface area contributed by atoms with Gasteiger partial charge in [0, 0.05) is 12.6 Å². The Bertz CT molecular complexity index is 413. The van der Waals surface area contributed by atoms with Crippen LogP contribution in [0.4, 0.5) is 0 Å². The summed E-state index contributed by atoms with van der Waals surface area (Å²) in [5.74, 6) is 0. The maximum absolute atomic E-state index is 11.7. The van der Waals surface area contributed by atoms with E-state index in [0.717, 1.165) is 22.8 Å². The molecule has 0 saturated carbocycles. The summed E-state index contributed by atoms with van der Waals surface area (Å²) in [7, 11) is -3.42.